The fourth-order valence-electron chi connectivity index (χ4n) is 2.22. The lowest BCUT2D eigenvalue weighted by atomic mass is 10.2. The predicted molar refractivity (Wildman–Crippen MR) is 60.3 cm³/mol. The lowest BCUT2D eigenvalue weighted by Crippen LogP contribution is -2.32. The second kappa shape index (κ2) is 4.75. The van der Waals surface area contributed by atoms with Crippen LogP contribution in [0.15, 0.2) is 30.3 Å². The number of likely N-dealkylation sites (tertiary alicyclic amines) is 1. The summed E-state index contributed by atoms with van der Waals surface area (Å²) in [7, 11) is 0. The van der Waals surface area contributed by atoms with Crippen molar-refractivity contribution in [1.29, 1.82) is 0 Å². The van der Waals surface area contributed by atoms with Crippen LogP contribution in [0.4, 0.5) is 0 Å². The Hall–Kier alpha value is -0.900. The monoisotopic (exact) mass is 206 g/mol. The Morgan fingerprint density at radius 3 is 2.73 bits per heavy atom. The Labute approximate surface area is 90.5 Å². The van der Waals surface area contributed by atoms with Gasteiger partial charge in [-0.2, -0.15) is 0 Å². The Morgan fingerprint density at radius 2 is 2.07 bits per heavy atom. The van der Waals surface area contributed by atoms with Gasteiger partial charge in [0.15, 0.2) is 0 Å². The zero-order valence-corrected chi connectivity index (χ0v) is 8.84. The highest BCUT2D eigenvalue weighted by Crippen LogP contribution is 2.18. The van der Waals surface area contributed by atoms with Crippen LogP contribution in [-0.4, -0.2) is 35.2 Å². The number of aliphatic hydroxyl groups excluding tert-OH is 1. The van der Waals surface area contributed by atoms with E-state index in [1.807, 2.05) is 18.2 Å². The Bertz CT molecular complexity index is 302. The fraction of sp³-hybridized carbons (Fsp3) is 0.500. The molecule has 0 saturated carbocycles. The molecule has 1 fully saturated rings. The highest BCUT2D eigenvalue weighted by molar-refractivity contribution is 5.15. The Morgan fingerprint density at radius 1 is 1.33 bits per heavy atom. The zero-order chi connectivity index (χ0) is 10.7. The van der Waals surface area contributed by atoms with E-state index in [4.69, 9.17) is 5.73 Å². The number of rotatable bonds is 3. The summed E-state index contributed by atoms with van der Waals surface area (Å²) in [6.45, 7) is 1.99. The molecule has 0 unspecified atom stereocenters. The Kier molecular flexibility index (Phi) is 3.36. The van der Waals surface area contributed by atoms with Crippen molar-refractivity contribution in [3.63, 3.8) is 0 Å². The molecule has 1 aromatic carbocycles. The van der Waals surface area contributed by atoms with Gasteiger partial charge < -0.3 is 10.8 Å². The van der Waals surface area contributed by atoms with Crippen molar-refractivity contribution >= 4 is 0 Å². The first-order valence-electron chi connectivity index (χ1n) is 5.44. The van der Waals surface area contributed by atoms with E-state index in [-0.39, 0.29) is 18.7 Å². The third kappa shape index (κ3) is 2.56. The average molecular weight is 206 g/mol. The molecule has 1 aliphatic heterocycles. The van der Waals surface area contributed by atoms with Crippen LogP contribution in [0.2, 0.25) is 0 Å². The molecule has 1 aromatic rings. The van der Waals surface area contributed by atoms with Gasteiger partial charge in [-0.3, -0.25) is 4.90 Å². The van der Waals surface area contributed by atoms with E-state index < -0.39 is 0 Å². The highest BCUT2D eigenvalue weighted by atomic mass is 16.3. The molecular formula is C12H18N2O. The van der Waals surface area contributed by atoms with Crippen LogP contribution in [0, 0.1) is 0 Å². The second-order valence-electron chi connectivity index (χ2n) is 4.25. The normalized spacial score (nSPS) is 27.1. The molecule has 3 nitrogen and oxygen atoms in total. The molecule has 2 rings (SSSR count). The first-order chi connectivity index (χ1) is 7.29. The third-order valence-corrected chi connectivity index (χ3v) is 3.00. The number of hydrogen-bond acceptors (Lipinski definition) is 3. The summed E-state index contributed by atoms with van der Waals surface area (Å²) < 4.78 is 0. The van der Waals surface area contributed by atoms with Gasteiger partial charge in [0.05, 0.1) is 6.61 Å². The van der Waals surface area contributed by atoms with E-state index in [2.05, 4.69) is 17.0 Å². The molecule has 2 atom stereocenters. The van der Waals surface area contributed by atoms with E-state index in [1.54, 1.807) is 0 Å². The van der Waals surface area contributed by atoms with Crippen molar-refractivity contribution in [3.8, 4) is 0 Å². The van der Waals surface area contributed by atoms with Gasteiger partial charge in [0.2, 0.25) is 0 Å². The standard InChI is InChI=1S/C12H18N2O/c13-11-6-12(9-15)14(8-11)7-10-4-2-1-3-5-10/h1-5,11-12,15H,6-9,13H2/t11-,12+/m0/s1. The van der Waals surface area contributed by atoms with Crippen molar-refractivity contribution in [2.75, 3.05) is 13.2 Å². The van der Waals surface area contributed by atoms with Crippen LogP contribution < -0.4 is 5.73 Å². The van der Waals surface area contributed by atoms with Crippen molar-refractivity contribution in [1.82, 2.24) is 4.90 Å². The fourth-order valence-corrected chi connectivity index (χ4v) is 2.22. The average Bonchev–Trinajstić information content (AvgIpc) is 2.60. The largest absolute Gasteiger partial charge is 0.395 e. The number of hydrogen-bond donors (Lipinski definition) is 2. The maximum Gasteiger partial charge on any atom is 0.0587 e. The van der Waals surface area contributed by atoms with Crippen LogP contribution in [0.3, 0.4) is 0 Å². The first kappa shape index (κ1) is 10.6. The molecule has 3 heteroatoms. The topological polar surface area (TPSA) is 49.5 Å². The minimum Gasteiger partial charge on any atom is -0.395 e. The molecule has 1 aliphatic rings. The van der Waals surface area contributed by atoms with Gasteiger partial charge in [-0.05, 0) is 12.0 Å². The summed E-state index contributed by atoms with van der Waals surface area (Å²) in [6.07, 6.45) is 0.906. The summed E-state index contributed by atoms with van der Waals surface area (Å²) in [5.41, 5.74) is 7.17. The van der Waals surface area contributed by atoms with Crippen molar-refractivity contribution < 1.29 is 5.11 Å². The first-order valence-corrected chi connectivity index (χ1v) is 5.44. The molecule has 0 radical (unpaired) electrons. The van der Waals surface area contributed by atoms with Crippen LogP contribution in [0.1, 0.15) is 12.0 Å². The number of nitrogens with zero attached hydrogens (tertiary/aromatic N) is 1. The maximum atomic E-state index is 9.24. The highest BCUT2D eigenvalue weighted by Gasteiger charge is 2.28. The van der Waals surface area contributed by atoms with Gasteiger partial charge >= 0.3 is 0 Å². The third-order valence-electron chi connectivity index (χ3n) is 3.00. The number of aliphatic hydroxyl groups is 1. The summed E-state index contributed by atoms with van der Waals surface area (Å²) in [5.74, 6) is 0. The van der Waals surface area contributed by atoms with Crippen molar-refractivity contribution in [3.05, 3.63) is 35.9 Å². The van der Waals surface area contributed by atoms with E-state index in [1.165, 1.54) is 5.56 Å². The number of nitrogens with two attached hydrogens (primary N) is 1. The zero-order valence-electron chi connectivity index (χ0n) is 8.84. The van der Waals surface area contributed by atoms with Gasteiger partial charge in [-0.25, -0.2) is 0 Å². The minimum absolute atomic E-state index is 0.209. The predicted octanol–water partition coefficient (Wildman–Crippen LogP) is 0.580. The van der Waals surface area contributed by atoms with Crippen molar-refractivity contribution in [2.45, 2.75) is 25.0 Å². The molecule has 1 saturated heterocycles. The Balaban J connectivity index is 2.00. The van der Waals surface area contributed by atoms with Gasteiger partial charge in [-0.1, -0.05) is 30.3 Å². The number of benzene rings is 1. The molecule has 15 heavy (non-hydrogen) atoms. The van der Waals surface area contributed by atoms with Crippen LogP contribution in [0.5, 0.6) is 0 Å². The van der Waals surface area contributed by atoms with E-state index in [9.17, 15) is 5.11 Å². The molecule has 0 amide bonds. The van der Waals surface area contributed by atoms with Gasteiger partial charge in [0.25, 0.3) is 0 Å². The molecule has 0 bridgehead atoms. The van der Waals surface area contributed by atoms with E-state index in [0.717, 1.165) is 19.5 Å². The molecule has 0 aromatic heterocycles. The molecule has 3 N–H and O–H groups in total. The van der Waals surface area contributed by atoms with E-state index >= 15 is 0 Å². The molecule has 0 aliphatic carbocycles. The summed E-state index contributed by atoms with van der Waals surface area (Å²) in [5, 5.41) is 9.24. The molecule has 82 valence electrons. The summed E-state index contributed by atoms with van der Waals surface area (Å²) >= 11 is 0. The van der Waals surface area contributed by atoms with Crippen LogP contribution in [-0.2, 0) is 6.54 Å². The molecular weight excluding hydrogens is 188 g/mol. The molecule has 1 heterocycles. The minimum atomic E-state index is 0.209. The smallest absolute Gasteiger partial charge is 0.0587 e. The lowest BCUT2D eigenvalue weighted by molar-refractivity contribution is 0.153. The van der Waals surface area contributed by atoms with Crippen LogP contribution >= 0.6 is 0 Å². The quantitative estimate of drug-likeness (QED) is 0.760. The van der Waals surface area contributed by atoms with Gasteiger partial charge in [-0.15, -0.1) is 0 Å². The lowest BCUT2D eigenvalue weighted by Gasteiger charge is -2.22. The van der Waals surface area contributed by atoms with Crippen LogP contribution in [0.25, 0.3) is 0 Å². The SMILES string of the molecule is N[C@H]1C[C@H](CO)N(Cc2ccccc2)C1. The maximum absolute atomic E-state index is 9.24. The summed E-state index contributed by atoms with van der Waals surface area (Å²) in [6, 6.07) is 10.8. The van der Waals surface area contributed by atoms with Crippen molar-refractivity contribution in [2.24, 2.45) is 5.73 Å². The van der Waals surface area contributed by atoms with Gasteiger partial charge in [0, 0.05) is 25.2 Å². The summed E-state index contributed by atoms with van der Waals surface area (Å²) in [4.78, 5) is 2.26. The molecule has 0 spiro atoms. The van der Waals surface area contributed by atoms with Gasteiger partial charge in [0.1, 0.15) is 0 Å². The second-order valence-corrected chi connectivity index (χ2v) is 4.25. The van der Waals surface area contributed by atoms with E-state index in [0.29, 0.717) is 0 Å².